The zero-order valence-corrected chi connectivity index (χ0v) is 11.1. The van der Waals surface area contributed by atoms with Crippen LogP contribution in [0.5, 0.6) is 0 Å². The van der Waals surface area contributed by atoms with E-state index in [0.717, 1.165) is 13.0 Å². The van der Waals surface area contributed by atoms with E-state index in [2.05, 4.69) is 46.0 Å². The third-order valence-corrected chi connectivity index (χ3v) is 3.53. The van der Waals surface area contributed by atoms with Crippen molar-refractivity contribution in [2.75, 3.05) is 39.8 Å². The van der Waals surface area contributed by atoms with Crippen LogP contribution >= 0.6 is 0 Å². The summed E-state index contributed by atoms with van der Waals surface area (Å²) in [6.07, 6.45) is 0.880. The van der Waals surface area contributed by atoms with Crippen LogP contribution in [0.2, 0.25) is 0 Å². The van der Waals surface area contributed by atoms with Crippen LogP contribution in [-0.4, -0.2) is 49.6 Å². The molecule has 0 radical (unpaired) electrons. The lowest BCUT2D eigenvalue weighted by atomic mass is 10.1. The first-order valence-electron chi connectivity index (χ1n) is 6.58. The maximum absolute atomic E-state index is 5.03. The Morgan fingerprint density at radius 3 is 2.28 bits per heavy atom. The Balaban J connectivity index is 1.82. The number of likely N-dealkylation sites (N-methyl/N-ethyl adjacent to an activating group) is 1. The number of hydrogen-bond donors (Lipinski definition) is 1. The average molecular weight is 249 g/mol. The Morgan fingerprint density at radius 1 is 1.06 bits per heavy atom. The lowest BCUT2D eigenvalue weighted by Gasteiger charge is -2.32. The summed E-state index contributed by atoms with van der Waals surface area (Å²) in [7, 11) is 2.19. The van der Waals surface area contributed by atoms with Gasteiger partial charge in [-0.25, -0.2) is 5.90 Å². The van der Waals surface area contributed by atoms with Crippen molar-refractivity contribution in [1.82, 2.24) is 9.80 Å². The van der Waals surface area contributed by atoms with E-state index in [0.29, 0.717) is 6.61 Å². The molecule has 1 aromatic carbocycles. The van der Waals surface area contributed by atoms with Gasteiger partial charge in [-0.2, -0.15) is 0 Å². The summed E-state index contributed by atoms with van der Waals surface area (Å²) in [4.78, 5) is 9.49. The summed E-state index contributed by atoms with van der Waals surface area (Å²) in [5.74, 6) is 5.03. The van der Waals surface area contributed by atoms with E-state index in [9.17, 15) is 0 Å². The fraction of sp³-hybridized carbons (Fsp3) is 0.571. The summed E-state index contributed by atoms with van der Waals surface area (Å²) >= 11 is 0. The molecule has 2 N–H and O–H groups in total. The van der Waals surface area contributed by atoms with Crippen molar-refractivity contribution in [2.45, 2.75) is 13.0 Å². The predicted molar refractivity (Wildman–Crippen MR) is 73.1 cm³/mol. The SMILES string of the molecule is CN1CCN(Cc2ccc(CCON)cc2)CC1. The highest BCUT2D eigenvalue weighted by molar-refractivity contribution is 5.22. The first kappa shape index (κ1) is 13.5. The molecule has 1 aromatic rings. The van der Waals surface area contributed by atoms with E-state index >= 15 is 0 Å². The fourth-order valence-electron chi connectivity index (χ4n) is 2.25. The van der Waals surface area contributed by atoms with Gasteiger partial charge in [-0.15, -0.1) is 0 Å². The zero-order valence-electron chi connectivity index (χ0n) is 11.1. The number of rotatable bonds is 5. The molecule has 1 fully saturated rings. The van der Waals surface area contributed by atoms with Gasteiger partial charge in [0.15, 0.2) is 0 Å². The van der Waals surface area contributed by atoms with Gasteiger partial charge in [0.2, 0.25) is 0 Å². The third-order valence-electron chi connectivity index (χ3n) is 3.53. The quantitative estimate of drug-likeness (QED) is 0.786. The zero-order chi connectivity index (χ0) is 12.8. The number of nitrogens with zero attached hydrogens (tertiary/aromatic N) is 2. The molecule has 1 aliphatic rings. The van der Waals surface area contributed by atoms with E-state index in [-0.39, 0.29) is 0 Å². The molecule has 100 valence electrons. The monoisotopic (exact) mass is 249 g/mol. The van der Waals surface area contributed by atoms with Crippen LogP contribution in [-0.2, 0) is 17.8 Å². The van der Waals surface area contributed by atoms with Gasteiger partial charge in [0.25, 0.3) is 0 Å². The smallest absolute Gasteiger partial charge is 0.0719 e. The fourth-order valence-corrected chi connectivity index (χ4v) is 2.25. The molecule has 0 atom stereocenters. The van der Waals surface area contributed by atoms with Crippen LogP contribution < -0.4 is 5.90 Å². The maximum atomic E-state index is 5.03. The normalized spacial score (nSPS) is 18.1. The second-order valence-corrected chi connectivity index (χ2v) is 5.02. The first-order chi connectivity index (χ1) is 8.78. The van der Waals surface area contributed by atoms with Crippen molar-refractivity contribution in [3.63, 3.8) is 0 Å². The summed E-state index contributed by atoms with van der Waals surface area (Å²) < 4.78 is 0. The van der Waals surface area contributed by atoms with Gasteiger partial charge < -0.3 is 9.74 Å². The molecule has 1 aliphatic heterocycles. The molecular weight excluding hydrogens is 226 g/mol. The van der Waals surface area contributed by atoms with Crippen LogP contribution in [0.15, 0.2) is 24.3 Å². The molecule has 0 aromatic heterocycles. The standard InChI is InChI=1S/C14H23N3O/c1-16-7-9-17(10-8-16)12-14-4-2-13(3-5-14)6-11-18-15/h2-5H,6-12,15H2,1H3. The molecule has 18 heavy (non-hydrogen) atoms. The summed E-state index contributed by atoms with van der Waals surface area (Å²) in [6.45, 7) is 6.32. The maximum Gasteiger partial charge on any atom is 0.0719 e. The minimum atomic E-state index is 0.581. The molecule has 2 rings (SSSR count). The van der Waals surface area contributed by atoms with E-state index in [4.69, 9.17) is 5.90 Å². The molecule has 1 heterocycles. The van der Waals surface area contributed by atoms with Crippen molar-refractivity contribution >= 4 is 0 Å². The number of hydrogen-bond acceptors (Lipinski definition) is 4. The van der Waals surface area contributed by atoms with E-state index in [1.54, 1.807) is 0 Å². The predicted octanol–water partition coefficient (Wildman–Crippen LogP) is 0.867. The Morgan fingerprint density at radius 2 is 1.67 bits per heavy atom. The van der Waals surface area contributed by atoms with E-state index in [1.807, 2.05) is 0 Å². The molecule has 0 unspecified atom stereocenters. The van der Waals surface area contributed by atoms with Crippen molar-refractivity contribution in [3.8, 4) is 0 Å². The number of benzene rings is 1. The van der Waals surface area contributed by atoms with Gasteiger partial charge in [-0.1, -0.05) is 24.3 Å². The largest absolute Gasteiger partial charge is 0.304 e. The Hall–Kier alpha value is -0.940. The van der Waals surface area contributed by atoms with E-state index in [1.165, 1.54) is 37.3 Å². The number of nitrogens with two attached hydrogens (primary N) is 1. The number of piperazine rings is 1. The van der Waals surface area contributed by atoms with Crippen LogP contribution in [0.4, 0.5) is 0 Å². The Labute approximate surface area is 109 Å². The van der Waals surface area contributed by atoms with Gasteiger partial charge in [0, 0.05) is 32.7 Å². The van der Waals surface area contributed by atoms with Crippen molar-refractivity contribution in [3.05, 3.63) is 35.4 Å². The molecule has 1 saturated heterocycles. The van der Waals surface area contributed by atoms with Crippen LogP contribution in [0, 0.1) is 0 Å². The van der Waals surface area contributed by atoms with Crippen molar-refractivity contribution in [2.24, 2.45) is 5.90 Å². The second-order valence-electron chi connectivity index (χ2n) is 5.02. The molecular formula is C14H23N3O. The Kier molecular flexibility index (Phi) is 5.13. The molecule has 0 aliphatic carbocycles. The first-order valence-corrected chi connectivity index (χ1v) is 6.58. The highest BCUT2D eigenvalue weighted by atomic mass is 16.6. The highest BCUT2D eigenvalue weighted by Gasteiger charge is 2.13. The summed E-state index contributed by atoms with van der Waals surface area (Å²) in [6, 6.07) is 8.77. The van der Waals surface area contributed by atoms with Crippen molar-refractivity contribution in [1.29, 1.82) is 0 Å². The van der Waals surface area contributed by atoms with Gasteiger partial charge in [0.1, 0.15) is 0 Å². The van der Waals surface area contributed by atoms with Gasteiger partial charge in [-0.05, 0) is 24.6 Å². The summed E-state index contributed by atoms with van der Waals surface area (Å²) in [5, 5.41) is 0. The lowest BCUT2D eigenvalue weighted by Crippen LogP contribution is -2.43. The second kappa shape index (κ2) is 6.85. The highest BCUT2D eigenvalue weighted by Crippen LogP contribution is 2.10. The molecule has 4 heteroatoms. The molecule has 0 saturated carbocycles. The average Bonchev–Trinajstić information content (AvgIpc) is 2.41. The molecule has 0 spiro atoms. The van der Waals surface area contributed by atoms with E-state index < -0.39 is 0 Å². The van der Waals surface area contributed by atoms with Crippen molar-refractivity contribution < 1.29 is 4.84 Å². The topological polar surface area (TPSA) is 41.7 Å². The Bertz CT molecular complexity index is 345. The van der Waals surface area contributed by atoms with Gasteiger partial charge in [0.05, 0.1) is 6.61 Å². The lowest BCUT2D eigenvalue weighted by molar-refractivity contribution is 0.141. The molecule has 0 amide bonds. The van der Waals surface area contributed by atoms with Crippen LogP contribution in [0.1, 0.15) is 11.1 Å². The minimum absolute atomic E-state index is 0.581. The van der Waals surface area contributed by atoms with Gasteiger partial charge >= 0.3 is 0 Å². The van der Waals surface area contributed by atoms with Crippen LogP contribution in [0.25, 0.3) is 0 Å². The van der Waals surface area contributed by atoms with Gasteiger partial charge in [-0.3, -0.25) is 4.90 Å². The van der Waals surface area contributed by atoms with Crippen LogP contribution in [0.3, 0.4) is 0 Å². The third kappa shape index (κ3) is 4.07. The summed E-state index contributed by atoms with van der Waals surface area (Å²) in [5.41, 5.74) is 2.67. The molecule has 0 bridgehead atoms. The minimum Gasteiger partial charge on any atom is -0.304 e. The molecule has 4 nitrogen and oxygen atoms in total.